The van der Waals surface area contributed by atoms with E-state index in [0.717, 1.165) is 12.5 Å². The van der Waals surface area contributed by atoms with E-state index in [4.69, 9.17) is 5.11 Å². The topological polar surface area (TPSA) is 54.4 Å². The van der Waals surface area contributed by atoms with Gasteiger partial charge in [-0.05, 0) is 18.4 Å². The molecule has 1 unspecified atom stereocenters. The van der Waals surface area contributed by atoms with Gasteiger partial charge in [0.2, 0.25) is 0 Å². The lowest BCUT2D eigenvalue weighted by molar-refractivity contribution is -0.131. The van der Waals surface area contributed by atoms with Gasteiger partial charge in [0.1, 0.15) is 0 Å². The predicted octanol–water partition coefficient (Wildman–Crippen LogP) is 1.16. The van der Waals surface area contributed by atoms with Crippen molar-refractivity contribution in [3.05, 3.63) is 24.3 Å². The van der Waals surface area contributed by atoms with E-state index in [1.165, 1.54) is 6.08 Å². The highest BCUT2D eigenvalue weighted by atomic mass is 16.4. The molecule has 0 radical (unpaired) electrons. The van der Waals surface area contributed by atoms with E-state index < -0.39 is 5.97 Å². The molecule has 0 heterocycles. The van der Waals surface area contributed by atoms with E-state index in [1.807, 2.05) is 0 Å². The van der Waals surface area contributed by atoms with Gasteiger partial charge in [-0.25, -0.2) is 4.79 Å². The third-order valence-corrected chi connectivity index (χ3v) is 1.74. The van der Waals surface area contributed by atoms with Gasteiger partial charge in [0.25, 0.3) is 0 Å². The Labute approximate surface area is 70.4 Å². The maximum atomic E-state index is 10.7. The zero-order valence-electron chi connectivity index (χ0n) is 6.56. The van der Waals surface area contributed by atoms with E-state index >= 15 is 0 Å². The number of rotatable bonds is 2. The highest BCUT2D eigenvalue weighted by Gasteiger charge is 2.09. The Bertz CT molecular complexity index is 250. The second-order valence-corrected chi connectivity index (χ2v) is 2.73. The molecule has 0 amide bonds. The first-order valence-corrected chi connectivity index (χ1v) is 3.80. The van der Waals surface area contributed by atoms with Crippen LogP contribution < -0.4 is 0 Å². The number of carboxylic acids is 1. The zero-order valence-corrected chi connectivity index (χ0v) is 6.56. The van der Waals surface area contributed by atoms with E-state index in [9.17, 15) is 9.59 Å². The summed E-state index contributed by atoms with van der Waals surface area (Å²) in [7, 11) is 0. The molecule has 64 valence electrons. The lowest BCUT2D eigenvalue weighted by atomic mass is 9.95. The first-order chi connectivity index (χ1) is 5.68. The molecule has 3 heteroatoms. The first kappa shape index (κ1) is 8.71. The second-order valence-electron chi connectivity index (χ2n) is 2.73. The Kier molecular flexibility index (Phi) is 2.80. The van der Waals surface area contributed by atoms with Crippen molar-refractivity contribution in [2.45, 2.75) is 12.8 Å². The summed E-state index contributed by atoms with van der Waals surface area (Å²) in [6.45, 7) is 0. The molecule has 12 heavy (non-hydrogen) atoms. The van der Waals surface area contributed by atoms with Gasteiger partial charge >= 0.3 is 5.97 Å². The molecule has 1 N–H and O–H groups in total. The van der Waals surface area contributed by atoms with Crippen molar-refractivity contribution in [2.75, 3.05) is 0 Å². The summed E-state index contributed by atoms with van der Waals surface area (Å²) in [5.41, 5.74) is 0. The molecule has 0 aromatic heterocycles. The smallest absolute Gasteiger partial charge is 0.327 e. The van der Waals surface area contributed by atoms with Crippen molar-refractivity contribution < 1.29 is 14.7 Å². The highest BCUT2D eigenvalue weighted by Crippen LogP contribution is 2.15. The van der Waals surface area contributed by atoms with Gasteiger partial charge in [0.15, 0.2) is 5.78 Å². The fourth-order valence-electron chi connectivity index (χ4n) is 1.09. The van der Waals surface area contributed by atoms with E-state index in [-0.39, 0.29) is 11.7 Å². The van der Waals surface area contributed by atoms with E-state index in [0.29, 0.717) is 6.42 Å². The minimum Gasteiger partial charge on any atom is -0.478 e. The average molecular weight is 166 g/mol. The molecule has 0 aromatic carbocycles. The van der Waals surface area contributed by atoms with Crippen LogP contribution >= 0.6 is 0 Å². The molecule has 1 aliphatic carbocycles. The van der Waals surface area contributed by atoms with E-state index in [2.05, 4.69) is 0 Å². The third-order valence-electron chi connectivity index (χ3n) is 1.74. The number of allylic oxidation sites excluding steroid dienone is 3. The Morgan fingerprint density at radius 2 is 2.42 bits per heavy atom. The lowest BCUT2D eigenvalue weighted by Crippen LogP contribution is -2.05. The molecule has 0 saturated heterocycles. The fraction of sp³-hybridized carbons (Fsp3) is 0.333. The number of aliphatic carboxylic acids is 1. The molecule has 0 aromatic rings. The van der Waals surface area contributed by atoms with Gasteiger partial charge in [-0.3, -0.25) is 4.79 Å². The minimum atomic E-state index is -0.944. The lowest BCUT2D eigenvalue weighted by Gasteiger charge is -2.09. The Hall–Kier alpha value is -1.38. The summed E-state index contributed by atoms with van der Waals surface area (Å²) >= 11 is 0. The van der Waals surface area contributed by atoms with Gasteiger partial charge in [-0.1, -0.05) is 12.2 Å². The highest BCUT2D eigenvalue weighted by molar-refractivity contribution is 5.90. The monoisotopic (exact) mass is 166 g/mol. The number of carboxylic acid groups (broad SMARTS) is 1. The van der Waals surface area contributed by atoms with Crippen LogP contribution in [0.1, 0.15) is 12.8 Å². The van der Waals surface area contributed by atoms with Gasteiger partial charge < -0.3 is 5.11 Å². The van der Waals surface area contributed by atoms with Crippen LogP contribution in [0.15, 0.2) is 24.3 Å². The Balaban J connectivity index is 2.50. The quantitative estimate of drug-likeness (QED) is 0.626. The third kappa shape index (κ3) is 2.70. The molecule has 0 bridgehead atoms. The van der Waals surface area contributed by atoms with Crippen LogP contribution in [0.5, 0.6) is 0 Å². The van der Waals surface area contributed by atoms with Gasteiger partial charge in [0, 0.05) is 12.5 Å². The first-order valence-electron chi connectivity index (χ1n) is 3.80. The molecule has 0 fully saturated rings. The summed E-state index contributed by atoms with van der Waals surface area (Å²) in [6.07, 6.45) is 7.21. The maximum Gasteiger partial charge on any atom is 0.327 e. The number of hydrogen-bond acceptors (Lipinski definition) is 2. The summed E-state index contributed by atoms with van der Waals surface area (Å²) in [4.78, 5) is 20.8. The second kappa shape index (κ2) is 3.85. The minimum absolute atomic E-state index is 0.110. The molecule has 0 spiro atoms. The number of hydrogen-bond donors (Lipinski definition) is 1. The molecule has 1 atom stereocenters. The molecular formula is C9H10O3. The number of carbonyl (C=O) groups is 2. The Morgan fingerprint density at radius 1 is 1.67 bits per heavy atom. The number of carbonyl (C=O) groups excluding carboxylic acids is 1. The fourth-order valence-corrected chi connectivity index (χ4v) is 1.09. The van der Waals surface area contributed by atoms with Crippen molar-refractivity contribution >= 4 is 11.8 Å². The standard InChI is InChI=1S/C9H10O3/c10-8-4-1-7(2-5-8)3-6-9(11)12/h1,3-4,6-7H,2,5H2,(H,11,12). The van der Waals surface area contributed by atoms with Crippen molar-refractivity contribution in [2.24, 2.45) is 5.92 Å². The summed E-state index contributed by atoms with van der Waals surface area (Å²) in [6, 6.07) is 0. The normalized spacial score (nSPS) is 23.3. The summed E-state index contributed by atoms with van der Waals surface area (Å²) in [5, 5.41) is 8.32. The van der Waals surface area contributed by atoms with Crippen LogP contribution in [0.25, 0.3) is 0 Å². The average Bonchev–Trinajstić information content (AvgIpc) is 2.03. The van der Waals surface area contributed by atoms with E-state index in [1.54, 1.807) is 12.2 Å². The maximum absolute atomic E-state index is 10.7. The van der Waals surface area contributed by atoms with Crippen molar-refractivity contribution in [3.63, 3.8) is 0 Å². The van der Waals surface area contributed by atoms with Gasteiger partial charge in [-0.2, -0.15) is 0 Å². The van der Waals surface area contributed by atoms with Crippen LogP contribution in [-0.2, 0) is 9.59 Å². The van der Waals surface area contributed by atoms with Crippen LogP contribution in [0, 0.1) is 5.92 Å². The zero-order chi connectivity index (χ0) is 8.97. The van der Waals surface area contributed by atoms with Crippen molar-refractivity contribution in [1.29, 1.82) is 0 Å². The predicted molar refractivity (Wildman–Crippen MR) is 43.6 cm³/mol. The molecular weight excluding hydrogens is 156 g/mol. The van der Waals surface area contributed by atoms with Crippen LogP contribution in [0.2, 0.25) is 0 Å². The SMILES string of the molecule is O=C(O)C=CC1C=CC(=O)CC1. The van der Waals surface area contributed by atoms with Crippen LogP contribution in [0.3, 0.4) is 0 Å². The Morgan fingerprint density at radius 3 is 2.92 bits per heavy atom. The van der Waals surface area contributed by atoms with Crippen molar-refractivity contribution in [3.8, 4) is 0 Å². The summed E-state index contributed by atoms with van der Waals surface area (Å²) in [5.74, 6) is -0.714. The van der Waals surface area contributed by atoms with Crippen LogP contribution in [0.4, 0.5) is 0 Å². The van der Waals surface area contributed by atoms with Crippen molar-refractivity contribution in [1.82, 2.24) is 0 Å². The number of ketones is 1. The van der Waals surface area contributed by atoms with Crippen LogP contribution in [-0.4, -0.2) is 16.9 Å². The molecule has 0 saturated carbocycles. The van der Waals surface area contributed by atoms with Gasteiger partial charge in [-0.15, -0.1) is 0 Å². The summed E-state index contributed by atoms with van der Waals surface area (Å²) < 4.78 is 0. The molecule has 1 aliphatic rings. The van der Waals surface area contributed by atoms with Gasteiger partial charge in [0.05, 0.1) is 0 Å². The molecule has 3 nitrogen and oxygen atoms in total. The largest absolute Gasteiger partial charge is 0.478 e. The molecule has 1 rings (SSSR count). The molecule has 0 aliphatic heterocycles.